The van der Waals surface area contributed by atoms with Gasteiger partial charge in [0.25, 0.3) is 5.91 Å². The average Bonchev–Trinajstić information content (AvgIpc) is 2.98. The number of para-hydroxylation sites is 1. The van der Waals surface area contributed by atoms with E-state index < -0.39 is 5.25 Å². The van der Waals surface area contributed by atoms with Gasteiger partial charge in [0.2, 0.25) is 5.91 Å². The molecule has 2 heterocycles. The number of likely N-dealkylation sites (tertiary alicyclic amines) is 1. The number of benzene rings is 2. The Kier molecular flexibility index (Phi) is 7.42. The van der Waals surface area contributed by atoms with Crippen molar-refractivity contribution in [3.63, 3.8) is 0 Å². The number of nitrogens with zero attached hydrogens (tertiary/aromatic N) is 3. The third-order valence-corrected chi connectivity index (χ3v) is 7.73. The van der Waals surface area contributed by atoms with Crippen molar-refractivity contribution in [3.8, 4) is 6.07 Å². The third-order valence-electron chi connectivity index (χ3n) is 6.06. The Morgan fingerprint density at radius 2 is 1.82 bits per heavy atom. The van der Waals surface area contributed by atoms with Gasteiger partial charge in [0.05, 0.1) is 5.25 Å². The fourth-order valence-corrected chi connectivity index (χ4v) is 5.71. The Balaban J connectivity index is 1.71. The van der Waals surface area contributed by atoms with Crippen molar-refractivity contribution in [1.82, 2.24) is 4.90 Å². The van der Waals surface area contributed by atoms with Gasteiger partial charge in [-0.15, -0.1) is 0 Å². The topological polar surface area (TPSA) is 64.4 Å². The minimum Gasteiger partial charge on any atom is -0.338 e. The summed E-state index contributed by atoms with van der Waals surface area (Å²) in [6.07, 6.45) is 4.52. The van der Waals surface area contributed by atoms with E-state index in [-0.39, 0.29) is 17.4 Å². The van der Waals surface area contributed by atoms with Gasteiger partial charge in [0.15, 0.2) is 0 Å². The Labute approximate surface area is 204 Å². The maximum Gasteiger partial charge on any atom is 0.267 e. The second kappa shape index (κ2) is 10.5. The predicted octanol–water partition coefficient (Wildman–Crippen LogP) is 5.48. The first-order valence-electron chi connectivity index (χ1n) is 11.2. The maximum absolute atomic E-state index is 13.6. The lowest BCUT2D eigenvalue weighted by Crippen LogP contribution is -2.35. The van der Waals surface area contributed by atoms with Gasteiger partial charge >= 0.3 is 0 Å². The molecular formula is C26H26ClN3O2S. The van der Waals surface area contributed by atoms with Crippen LogP contribution in [0.3, 0.4) is 0 Å². The molecule has 0 radical (unpaired) electrons. The Morgan fingerprint density at radius 3 is 2.45 bits per heavy atom. The number of hydrogen-bond acceptors (Lipinski definition) is 4. The minimum absolute atomic E-state index is 0.0449. The van der Waals surface area contributed by atoms with Crippen molar-refractivity contribution in [2.24, 2.45) is 0 Å². The van der Waals surface area contributed by atoms with Crippen LogP contribution in [0.4, 0.5) is 5.69 Å². The first-order chi connectivity index (χ1) is 16.0. The number of aryl methyl sites for hydroxylation is 1. The molecule has 170 valence electrons. The van der Waals surface area contributed by atoms with Gasteiger partial charge in [0, 0.05) is 23.8 Å². The molecule has 2 aliphatic heterocycles. The summed E-state index contributed by atoms with van der Waals surface area (Å²) in [5, 5.41) is 10.7. The van der Waals surface area contributed by atoms with Crippen LogP contribution in [-0.2, 0) is 16.0 Å². The fraction of sp³-hybridized carbons (Fsp3) is 0.346. The molecular weight excluding hydrogens is 454 g/mol. The van der Waals surface area contributed by atoms with Gasteiger partial charge in [0.1, 0.15) is 16.7 Å². The summed E-state index contributed by atoms with van der Waals surface area (Å²) in [4.78, 5) is 30.2. The van der Waals surface area contributed by atoms with Gasteiger partial charge in [-0.25, -0.2) is 0 Å². The van der Waals surface area contributed by atoms with E-state index in [1.165, 1.54) is 11.8 Å². The summed E-state index contributed by atoms with van der Waals surface area (Å²) in [6.45, 7) is 3.23. The normalized spacial score (nSPS) is 20.4. The number of anilines is 1. The van der Waals surface area contributed by atoms with E-state index in [1.54, 1.807) is 9.80 Å². The molecule has 0 N–H and O–H groups in total. The molecule has 0 bridgehead atoms. The first-order valence-corrected chi connectivity index (χ1v) is 12.5. The fourth-order valence-electron chi connectivity index (χ4n) is 4.20. The van der Waals surface area contributed by atoms with E-state index in [1.807, 2.05) is 55.5 Å². The van der Waals surface area contributed by atoms with Crippen molar-refractivity contribution in [1.29, 1.82) is 5.26 Å². The molecule has 1 unspecified atom stereocenters. The van der Waals surface area contributed by atoms with E-state index in [0.717, 1.165) is 36.8 Å². The molecule has 0 saturated carbocycles. The molecule has 0 spiro atoms. The third kappa shape index (κ3) is 5.10. The molecule has 2 aromatic carbocycles. The Hall–Kier alpha value is -2.75. The monoisotopic (exact) mass is 479 g/mol. The quantitative estimate of drug-likeness (QED) is 0.430. The van der Waals surface area contributed by atoms with Crippen LogP contribution in [0.15, 0.2) is 59.1 Å². The summed E-state index contributed by atoms with van der Waals surface area (Å²) < 4.78 is 0. The van der Waals surface area contributed by atoms with Gasteiger partial charge in [-0.1, -0.05) is 66.5 Å². The Bertz CT molecular complexity index is 1120. The van der Waals surface area contributed by atoms with Gasteiger partial charge in [-0.05, 0) is 55.5 Å². The molecule has 0 aromatic heterocycles. The molecule has 2 amide bonds. The van der Waals surface area contributed by atoms with E-state index in [2.05, 4.69) is 6.07 Å². The van der Waals surface area contributed by atoms with Crippen molar-refractivity contribution < 1.29 is 9.59 Å². The molecule has 7 heteroatoms. The number of carbonyl (C=O) groups is 2. The average molecular weight is 480 g/mol. The summed E-state index contributed by atoms with van der Waals surface area (Å²) in [7, 11) is 0. The van der Waals surface area contributed by atoms with E-state index in [4.69, 9.17) is 11.6 Å². The Morgan fingerprint density at radius 1 is 1.12 bits per heavy atom. The highest BCUT2D eigenvalue weighted by Crippen LogP contribution is 2.42. The number of carbonyl (C=O) groups excluding carboxylic acids is 2. The minimum atomic E-state index is -0.445. The molecule has 4 rings (SSSR count). The first kappa shape index (κ1) is 23.4. The lowest BCUT2D eigenvalue weighted by Gasteiger charge is -2.23. The number of hydrogen-bond donors (Lipinski definition) is 0. The summed E-state index contributed by atoms with van der Waals surface area (Å²) in [5.74, 6) is -0.413. The van der Waals surface area contributed by atoms with Crippen LogP contribution >= 0.6 is 23.4 Å². The zero-order chi connectivity index (χ0) is 23.4. The molecule has 0 aliphatic carbocycles. The molecule has 5 nitrogen and oxygen atoms in total. The van der Waals surface area contributed by atoms with Crippen LogP contribution in [0.25, 0.3) is 0 Å². The number of nitriles is 1. The molecule has 2 aliphatic rings. The van der Waals surface area contributed by atoms with Crippen molar-refractivity contribution in [3.05, 3.63) is 75.3 Å². The van der Waals surface area contributed by atoms with E-state index in [0.29, 0.717) is 35.2 Å². The maximum atomic E-state index is 13.6. The summed E-state index contributed by atoms with van der Waals surface area (Å²) in [5.41, 5.74) is 2.63. The van der Waals surface area contributed by atoms with Crippen LogP contribution in [-0.4, -0.2) is 35.1 Å². The highest BCUT2D eigenvalue weighted by molar-refractivity contribution is 8.05. The van der Waals surface area contributed by atoms with Crippen molar-refractivity contribution >= 4 is 40.9 Å². The van der Waals surface area contributed by atoms with Gasteiger partial charge < -0.3 is 4.90 Å². The summed E-state index contributed by atoms with van der Waals surface area (Å²) in [6, 6.07) is 17.2. The van der Waals surface area contributed by atoms with Gasteiger partial charge in [-0.2, -0.15) is 5.26 Å². The standard InChI is InChI=1S/C26H26ClN3O2S/c1-18-11-12-19(15-22(18)27)16-23-25(32)30(20-9-5-4-6-10-20)26(33-23)21(17-28)24(31)29-13-7-2-3-8-14-29/h4-6,9-12,15,23H,2-3,7-8,13-14,16H2,1H3/b26-21-. The second-order valence-corrected chi connectivity index (χ2v) is 10.0. The SMILES string of the molecule is Cc1ccc(CC2S/C(=C(/C#N)C(=O)N3CCCCCC3)N(c3ccccc3)C2=O)cc1Cl. The predicted molar refractivity (Wildman–Crippen MR) is 133 cm³/mol. The lowest BCUT2D eigenvalue weighted by atomic mass is 10.1. The van der Waals surface area contributed by atoms with Crippen LogP contribution < -0.4 is 4.90 Å². The highest BCUT2D eigenvalue weighted by atomic mass is 35.5. The molecule has 2 fully saturated rings. The number of thioether (sulfide) groups is 1. The van der Waals surface area contributed by atoms with Crippen LogP contribution in [0.5, 0.6) is 0 Å². The smallest absolute Gasteiger partial charge is 0.267 e. The van der Waals surface area contributed by atoms with E-state index in [9.17, 15) is 14.9 Å². The van der Waals surface area contributed by atoms with Crippen LogP contribution in [0, 0.1) is 18.3 Å². The number of amides is 2. The molecule has 1 atom stereocenters. The van der Waals surface area contributed by atoms with Gasteiger partial charge in [-0.3, -0.25) is 14.5 Å². The molecule has 33 heavy (non-hydrogen) atoms. The second-order valence-electron chi connectivity index (χ2n) is 8.40. The molecule has 2 aromatic rings. The van der Waals surface area contributed by atoms with Crippen LogP contribution in [0.2, 0.25) is 5.02 Å². The van der Waals surface area contributed by atoms with E-state index >= 15 is 0 Å². The van der Waals surface area contributed by atoms with Crippen molar-refractivity contribution in [2.75, 3.05) is 18.0 Å². The zero-order valence-electron chi connectivity index (χ0n) is 18.6. The van der Waals surface area contributed by atoms with Crippen molar-refractivity contribution in [2.45, 2.75) is 44.3 Å². The van der Waals surface area contributed by atoms with Crippen LogP contribution in [0.1, 0.15) is 36.8 Å². The molecule has 2 saturated heterocycles. The lowest BCUT2D eigenvalue weighted by molar-refractivity contribution is -0.126. The number of rotatable bonds is 4. The summed E-state index contributed by atoms with van der Waals surface area (Å²) >= 11 is 7.60. The highest BCUT2D eigenvalue weighted by Gasteiger charge is 2.41. The zero-order valence-corrected chi connectivity index (χ0v) is 20.2. The largest absolute Gasteiger partial charge is 0.338 e. The number of halogens is 1.